The van der Waals surface area contributed by atoms with Crippen molar-refractivity contribution in [2.75, 3.05) is 26.2 Å². The number of nitrogens with two attached hydrogens (primary N) is 1. The highest BCUT2D eigenvalue weighted by atomic mass is 35.5. The molecule has 2 atom stereocenters. The topological polar surface area (TPSA) is 58.7 Å². The Morgan fingerprint density at radius 1 is 1.43 bits per heavy atom. The van der Waals surface area contributed by atoms with E-state index in [1.165, 1.54) is 0 Å². The molecular weight excluding hydrogens is 288 g/mol. The van der Waals surface area contributed by atoms with Gasteiger partial charge in [-0.1, -0.05) is 23.7 Å². The third-order valence-electron chi connectivity index (χ3n) is 3.81. The zero-order chi connectivity index (χ0) is 15.5. The van der Waals surface area contributed by atoms with E-state index >= 15 is 0 Å². The van der Waals surface area contributed by atoms with Gasteiger partial charge in [0.25, 0.3) is 0 Å². The summed E-state index contributed by atoms with van der Waals surface area (Å²) < 4.78 is 5.82. The molecule has 1 aliphatic rings. The van der Waals surface area contributed by atoms with Crippen LogP contribution in [0.5, 0.6) is 0 Å². The first-order valence-electron chi connectivity index (χ1n) is 7.42. The van der Waals surface area contributed by atoms with Gasteiger partial charge in [-0.15, -0.1) is 0 Å². The van der Waals surface area contributed by atoms with Crippen LogP contribution in [0.3, 0.4) is 0 Å². The van der Waals surface area contributed by atoms with E-state index < -0.39 is 0 Å². The lowest BCUT2D eigenvalue weighted by Gasteiger charge is -2.42. The maximum absolute atomic E-state index is 9.33. The van der Waals surface area contributed by atoms with Crippen LogP contribution in [0.25, 0.3) is 0 Å². The molecule has 3 N–H and O–H groups in total. The summed E-state index contributed by atoms with van der Waals surface area (Å²) in [5, 5.41) is 10.1. The van der Waals surface area contributed by atoms with Crippen LogP contribution < -0.4 is 5.73 Å². The van der Waals surface area contributed by atoms with Crippen LogP contribution in [0.1, 0.15) is 31.9 Å². The average Bonchev–Trinajstić information content (AvgIpc) is 2.44. The number of benzene rings is 1. The van der Waals surface area contributed by atoms with Crippen molar-refractivity contribution in [3.05, 3.63) is 34.9 Å². The number of hydrogen-bond acceptors (Lipinski definition) is 4. The van der Waals surface area contributed by atoms with E-state index in [9.17, 15) is 5.11 Å². The summed E-state index contributed by atoms with van der Waals surface area (Å²) >= 11 is 5.89. The van der Waals surface area contributed by atoms with Crippen molar-refractivity contribution in [2.45, 2.75) is 38.0 Å². The molecule has 118 valence electrons. The van der Waals surface area contributed by atoms with Gasteiger partial charge >= 0.3 is 0 Å². The molecule has 0 bridgehead atoms. The van der Waals surface area contributed by atoms with E-state index in [4.69, 9.17) is 22.1 Å². The minimum atomic E-state index is -0.226. The third kappa shape index (κ3) is 4.94. The van der Waals surface area contributed by atoms with E-state index in [-0.39, 0.29) is 24.4 Å². The number of hydrogen-bond donors (Lipinski definition) is 2. The number of morpholine rings is 1. The molecule has 0 amide bonds. The molecule has 5 heteroatoms. The molecule has 1 aromatic carbocycles. The van der Waals surface area contributed by atoms with Gasteiger partial charge in [-0.05, 0) is 38.0 Å². The van der Waals surface area contributed by atoms with Crippen molar-refractivity contribution < 1.29 is 9.84 Å². The second kappa shape index (κ2) is 7.07. The quantitative estimate of drug-likeness (QED) is 0.875. The van der Waals surface area contributed by atoms with Gasteiger partial charge in [-0.25, -0.2) is 0 Å². The lowest BCUT2D eigenvalue weighted by Crippen LogP contribution is -2.54. The fourth-order valence-electron chi connectivity index (χ4n) is 2.88. The molecule has 1 aliphatic heterocycles. The minimum Gasteiger partial charge on any atom is -0.394 e. The Morgan fingerprint density at radius 2 is 2.10 bits per heavy atom. The molecule has 0 aromatic heterocycles. The Balaban J connectivity index is 1.88. The summed E-state index contributed by atoms with van der Waals surface area (Å²) in [7, 11) is 0. The van der Waals surface area contributed by atoms with Crippen molar-refractivity contribution in [3.63, 3.8) is 0 Å². The molecule has 2 unspecified atom stereocenters. The van der Waals surface area contributed by atoms with Crippen molar-refractivity contribution >= 4 is 11.6 Å². The summed E-state index contributed by atoms with van der Waals surface area (Å²) in [6.07, 6.45) is 0.760. The second-order valence-electron chi connectivity index (χ2n) is 6.36. The highest BCUT2D eigenvalue weighted by Gasteiger charge is 2.32. The molecule has 1 heterocycles. The van der Waals surface area contributed by atoms with Crippen LogP contribution in [-0.2, 0) is 4.74 Å². The first-order valence-corrected chi connectivity index (χ1v) is 7.79. The molecule has 1 fully saturated rings. The number of aliphatic hydroxyl groups is 1. The number of rotatable bonds is 5. The predicted octanol–water partition coefficient (Wildman–Crippen LogP) is 2.20. The van der Waals surface area contributed by atoms with E-state index in [1.54, 1.807) is 0 Å². The summed E-state index contributed by atoms with van der Waals surface area (Å²) in [5.41, 5.74) is 7.12. The molecule has 2 rings (SSSR count). The Hall–Kier alpha value is -0.650. The highest BCUT2D eigenvalue weighted by Crippen LogP contribution is 2.23. The van der Waals surface area contributed by atoms with Crippen LogP contribution in [0.2, 0.25) is 5.02 Å². The van der Waals surface area contributed by atoms with Gasteiger partial charge in [-0.2, -0.15) is 0 Å². The molecule has 21 heavy (non-hydrogen) atoms. The maximum atomic E-state index is 9.33. The van der Waals surface area contributed by atoms with Gasteiger partial charge < -0.3 is 15.6 Å². The van der Waals surface area contributed by atoms with Crippen LogP contribution in [-0.4, -0.2) is 48.0 Å². The summed E-state index contributed by atoms with van der Waals surface area (Å²) in [6, 6.07) is 7.70. The fourth-order valence-corrected chi connectivity index (χ4v) is 3.01. The SMILES string of the molecule is CC1(C)CN(CCC(N)c2ccc(Cl)cc2)CC(CO)O1. The van der Waals surface area contributed by atoms with E-state index in [1.807, 2.05) is 24.3 Å². The normalized spacial score (nSPS) is 24.0. The van der Waals surface area contributed by atoms with Crippen LogP contribution in [0.15, 0.2) is 24.3 Å². The van der Waals surface area contributed by atoms with Crippen molar-refractivity contribution in [1.29, 1.82) is 0 Å². The lowest BCUT2D eigenvalue weighted by molar-refractivity contribution is -0.149. The average molecular weight is 313 g/mol. The maximum Gasteiger partial charge on any atom is 0.0940 e. The molecule has 1 aromatic rings. The van der Waals surface area contributed by atoms with Crippen LogP contribution >= 0.6 is 11.6 Å². The summed E-state index contributed by atoms with van der Waals surface area (Å²) in [5.74, 6) is 0. The summed E-state index contributed by atoms with van der Waals surface area (Å²) in [4.78, 5) is 2.32. The molecule has 0 aliphatic carbocycles. The molecule has 0 spiro atoms. The van der Waals surface area contributed by atoms with Gasteiger partial charge in [0.05, 0.1) is 18.3 Å². The smallest absolute Gasteiger partial charge is 0.0940 e. The Morgan fingerprint density at radius 3 is 2.71 bits per heavy atom. The van der Waals surface area contributed by atoms with E-state index in [0.29, 0.717) is 0 Å². The van der Waals surface area contributed by atoms with Gasteiger partial charge in [0.15, 0.2) is 0 Å². The third-order valence-corrected chi connectivity index (χ3v) is 4.06. The van der Waals surface area contributed by atoms with Gasteiger partial charge in [0.2, 0.25) is 0 Å². The predicted molar refractivity (Wildman–Crippen MR) is 85.5 cm³/mol. The largest absolute Gasteiger partial charge is 0.394 e. The number of halogens is 1. The second-order valence-corrected chi connectivity index (χ2v) is 6.80. The fraction of sp³-hybridized carbons (Fsp3) is 0.625. The molecule has 0 radical (unpaired) electrons. The number of nitrogens with zero attached hydrogens (tertiary/aromatic N) is 1. The molecule has 1 saturated heterocycles. The van der Waals surface area contributed by atoms with Crippen molar-refractivity contribution in [2.24, 2.45) is 5.73 Å². The zero-order valence-corrected chi connectivity index (χ0v) is 13.5. The monoisotopic (exact) mass is 312 g/mol. The number of ether oxygens (including phenoxy) is 1. The molecule has 0 saturated carbocycles. The van der Waals surface area contributed by atoms with Crippen LogP contribution in [0, 0.1) is 0 Å². The van der Waals surface area contributed by atoms with Crippen molar-refractivity contribution in [3.8, 4) is 0 Å². The first kappa shape index (κ1) is 16.7. The minimum absolute atomic E-state index is 0.000741. The first-order chi connectivity index (χ1) is 9.89. The molecular formula is C16H25ClN2O2. The van der Waals surface area contributed by atoms with Gasteiger partial charge in [0, 0.05) is 30.7 Å². The molecule has 4 nitrogen and oxygen atoms in total. The summed E-state index contributed by atoms with van der Waals surface area (Å²) in [6.45, 7) is 6.68. The Labute approximate surface area is 131 Å². The Kier molecular flexibility index (Phi) is 5.63. The highest BCUT2D eigenvalue weighted by molar-refractivity contribution is 6.30. The van der Waals surface area contributed by atoms with Gasteiger partial charge in [-0.3, -0.25) is 4.90 Å². The zero-order valence-electron chi connectivity index (χ0n) is 12.8. The van der Waals surface area contributed by atoms with E-state index in [2.05, 4.69) is 18.7 Å². The van der Waals surface area contributed by atoms with Gasteiger partial charge in [0.1, 0.15) is 0 Å². The van der Waals surface area contributed by atoms with Crippen molar-refractivity contribution in [1.82, 2.24) is 4.90 Å². The Bertz CT molecular complexity index is 450. The number of aliphatic hydroxyl groups excluding tert-OH is 1. The standard InChI is InChI=1S/C16H25ClN2O2/c1-16(2)11-19(9-14(10-20)21-16)8-7-15(18)12-3-5-13(17)6-4-12/h3-6,14-15,20H,7-11,18H2,1-2H3. The van der Waals surface area contributed by atoms with E-state index in [0.717, 1.165) is 36.6 Å². The van der Waals surface area contributed by atoms with Crippen LogP contribution in [0.4, 0.5) is 0 Å². The lowest BCUT2D eigenvalue weighted by atomic mass is 10.0.